The van der Waals surface area contributed by atoms with Crippen LogP contribution in [0.3, 0.4) is 0 Å². The molecule has 5 nitrogen and oxygen atoms in total. The standard InChI is InChI=1S/C19H32N2O3.ClH/c20-18-14-5-4-13(11-14)17(18)19(22)21-8-6-15(7-9-21)24-12-16-3-1-2-10-23-16;/h13-18H,1-12,20H2;1H. The van der Waals surface area contributed by atoms with Crippen LogP contribution in [0.1, 0.15) is 51.4 Å². The van der Waals surface area contributed by atoms with Gasteiger partial charge in [-0.05, 0) is 63.2 Å². The second-order valence-electron chi connectivity index (χ2n) is 8.28. The van der Waals surface area contributed by atoms with Gasteiger partial charge in [-0.25, -0.2) is 0 Å². The molecule has 1 amide bonds. The number of halogens is 1. The second-order valence-corrected chi connectivity index (χ2v) is 8.28. The van der Waals surface area contributed by atoms with Crippen LogP contribution in [0.15, 0.2) is 0 Å². The number of carbonyl (C=O) groups excluding carboxylic acids is 1. The van der Waals surface area contributed by atoms with Crippen LogP contribution in [0.4, 0.5) is 0 Å². The Morgan fingerprint density at radius 2 is 1.84 bits per heavy atom. The lowest BCUT2D eigenvalue weighted by Gasteiger charge is -2.37. The molecule has 2 aliphatic carbocycles. The molecule has 5 unspecified atom stereocenters. The zero-order valence-electron chi connectivity index (χ0n) is 15.1. The number of hydrogen-bond acceptors (Lipinski definition) is 4. The molecule has 2 N–H and O–H groups in total. The van der Waals surface area contributed by atoms with E-state index in [1.165, 1.54) is 32.1 Å². The van der Waals surface area contributed by atoms with Gasteiger partial charge in [-0.15, -0.1) is 12.4 Å². The van der Waals surface area contributed by atoms with Crippen molar-refractivity contribution in [3.63, 3.8) is 0 Å². The van der Waals surface area contributed by atoms with E-state index in [1.807, 2.05) is 0 Å². The van der Waals surface area contributed by atoms with E-state index in [0.29, 0.717) is 17.7 Å². The molecule has 0 aromatic rings. The zero-order valence-corrected chi connectivity index (χ0v) is 15.9. The highest BCUT2D eigenvalue weighted by Gasteiger charge is 2.50. The van der Waals surface area contributed by atoms with E-state index < -0.39 is 0 Å². The van der Waals surface area contributed by atoms with Crippen LogP contribution < -0.4 is 5.73 Å². The number of ether oxygens (including phenoxy) is 2. The fourth-order valence-electron chi connectivity index (χ4n) is 5.34. The minimum absolute atomic E-state index is 0. The first-order valence-electron chi connectivity index (χ1n) is 10.00. The Bertz CT molecular complexity index is 448. The van der Waals surface area contributed by atoms with Crippen LogP contribution in [0.5, 0.6) is 0 Å². The Morgan fingerprint density at radius 3 is 2.48 bits per heavy atom. The molecular formula is C19H33ClN2O3. The Labute approximate surface area is 157 Å². The SMILES string of the molecule is Cl.NC1C2CCC(C2)C1C(=O)N1CCC(OCC2CCCCO2)CC1. The molecule has 0 radical (unpaired) electrons. The van der Waals surface area contributed by atoms with Crippen LogP contribution in [-0.2, 0) is 14.3 Å². The molecule has 4 rings (SSSR count). The van der Waals surface area contributed by atoms with E-state index in [0.717, 1.165) is 45.6 Å². The average molecular weight is 373 g/mol. The monoisotopic (exact) mass is 372 g/mol. The van der Waals surface area contributed by atoms with E-state index in [-0.39, 0.29) is 36.6 Å². The molecule has 4 fully saturated rings. The predicted octanol–water partition coefficient (Wildman–Crippen LogP) is 2.36. The van der Waals surface area contributed by atoms with Gasteiger partial charge < -0.3 is 20.1 Å². The molecule has 2 heterocycles. The summed E-state index contributed by atoms with van der Waals surface area (Å²) in [6.07, 6.45) is 9.65. The van der Waals surface area contributed by atoms with Crippen molar-refractivity contribution in [3.8, 4) is 0 Å². The van der Waals surface area contributed by atoms with Gasteiger partial charge in [0.1, 0.15) is 0 Å². The van der Waals surface area contributed by atoms with Gasteiger partial charge in [-0.2, -0.15) is 0 Å². The molecule has 25 heavy (non-hydrogen) atoms. The molecule has 0 spiro atoms. The van der Waals surface area contributed by atoms with Gasteiger partial charge >= 0.3 is 0 Å². The number of rotatable bonds is 4. The van der Waals surface area contributed by atoms with Gasteiger partial charge in [0.05, 0.1) is 24.7 Å². The molecule has 2 bridgehead atoms. The number of fused-ring (bicyclic) bond motifs is 2. The van der Waals surface area contributed by atoms with Crippen molar-refractivity contribution in [2.75, 3.05) is 26.3 Å². The third-order valence-electron chi connectivity index (χ3n) is 6.81. The minimum atomic E-state index is 0. The molecule has 2 saturated carbocycles. The van der Waals surface area contributed by atoms with Gasteiger partial charge in [0.25, 0.3) is 0 Å². The maximum Gasteiger partial charge on any atom is 0.227 e. The first-order valence-corrected chi connectivity index (χ1v) is 10.00. The van der Waals surface area contributed by atoms with Crippen LogP contribution in [0.25, 0.3) is 0 Å². The molecule has 2 saturated heterocycles. The van der Waals surface area contributed by atoms with Crippen molar-refractivity contribution in [1.29, 1.82) is 0 Å². The molecule has 5 atom stereocenters. The van der Waals surface area contributed by atoms with Crippen LogP contribution >= 0.6 is 12.4 Å². The highest BCUT2D eigenvalue weighted by Crippen LogP contribution is 2.48. The van der Waals surface area contributed by atoms with Crippen molar-refractivity contribution >= 4 is 18.3 Å². The summed E-state index contributed by atoms with van der Waals surface area (Å²) in [5.41, 5.74) is 6.34. The van der Waals surface area contributed by atoms with Crippen molar-refractivity contribution in [3.05, 3.63) is 0 Å². The molecule has 0 aromatic carbocycles. The highest BCUT2D eigenvalue weighted by atomic mass is 35.5. The number of nitrogens with two attached hydrogens (primary N) is 1. The lowest BCUT2D eigenvalue weighted by atomic mass is 9.83. The normalized spacial score (nSPS) is 38.6. The summed E-state index contributed by atoms with van der Waals surface area (Å²) in [7, 11) is 0. The molecule has 144 valence electrons. The van der Waals surface area contributed by atoms with Crippen molar-refractivity contribution in [1.82, 2.24) is 4.90 Å². The van der Waals surface area contributed by atoms with Gasteiger partial charge in [0.2, 0.25) is 5.91 Å². The van der Waals surface area contributed by atoms with Crippen LogP contribution in [0.2, 0.25) is 0 Å². The summed E-state index contributed by atoms with van der Waals surface area (Å²) in [6, 6.07) is 0.105. The first kappa shape index (κ1) is 19.4. The Hall–Kier alpha value is -0.360. The summed E-state index contributed by atoms with van der Waals surface area (Å²) >= 11 is 0. The third-order valence-corrected chi connectivity index (χ3v) is 6.81. The lowest BCUT2D eigenvalue weighted by Crippen LogP contribution is -2.50. The number of nitrogens with zero attached hydrogens (tertiary/aromatic N) is 1. The fourth-order valence-corrected chi connectivity index (χ4v) is 5.34. The second kappa shape index (κ2) is 8.55. The Morgan fingerprint density at radius 1 is 1.08 bits per heavy atom. The molecule has 6 heteroatoms. The van der Waals surface area contributed by atoms with Gasteiger partial charge in [0, 0.05) is 25.7 Å². The number of likely N-dealkylation sites (tertiary alicyclic amines) is 1. The minimum Gasteiger partial charge on any atom is -0.376 e. The first-order chi connectivity index (χ1) is 11.7. The number of piperidine rings is 1. The predicted molar refractivity (Wildman–Crippen MR) is 98.7 cm³/mol. The molecule has 2 aliphatic heterocycles. The van der Waals surface area contributed by atoms with Crippen molar-refractivity contribution in [2.24, 2.45) is 23.5 Å². The molecular weight excluding hydrogens is 340 g/mol. The van der Waals surface area contributed by atoms with E-state index in [2.05, 4.69) is 4.90 Å². The van der Waals surface area contributed by atoms with Gasteiger partial charge in [-0.1, -0.05) is 0 Å². The Balaban J connectivity index is 0.00000182. The van der Waals surface area contributed by atoms with Crippen LogP contribution in [-0.4, -0.2) is 55.4 Å². The number of carbonyl (C=O) groups is 1. The maximum absolute atomic E-state index is 12.9. The van der Waals surface area contributed by atoms with Crippen molar-refractivity contribution < 1.29 is 14.3 Å². The molecule has 0 aromatic heterocycles. The summed E-state index contributed by atoms with van der Waals surface area (Å²) in [5.74, 6) is 1.57. The summed E-state index contributed by atoms with van der Waals surface area (Å²) in [6.45, 7) is 3.26. The van der Waals surface area contributed by atoms with Gasteiger partial charge in [0.15, 0.2) is 0 Å². The maximum atomic E-state index is 12.9. The summed E-state index contributed by atoms with van der Waals surface area (Å²) in [5, 5.41) is 0. The number of amides is 1. The largest absolute Gasteiger partial charge is 0.376 e. The fraction of sp³-hybridized carbons (Fsp3) is 0.947. The van der Waals surface area contributed by atoms with Crippen LogP contribution in [0, 0.1) is 17.8 Å². The smallest absolute Gasteiger partial charge is 0.227 e. The average Bonchev–Trinajstić information content (AvgIpc) is 3.22. The number of hydrogen-bond donors (Lipinski definition) is 1. The van der Waals surface area contributed by atoms with E-state index >= 15 is 0 Å². The summed E-state index contributed by atoms with van der Waals surface area (Å²) < 4.78 is 11.8. The Kier molecular flexibility index (Phi) is 6.64. The van der Waals surface area contributed by atoms with Gasteiger partial charge in [-0.3, -0.25) is 4.79 Å². The van der Waals surface area contributed by atoms with E-state index in [4.69, 9.17) is 15.2 Å². The quantitative estimate of drug-likeness (QED) is 0.822. The zero-order chi connectivity index (χ0) is 16.5. The third kappa shape index (κ3) is 4.15. The van der Waals surface area contributed by atoms with Crippen molar-refractivity contribution in [2.45, 2.75) is 69.6 Å². The van der Waals surface area contributed by atoms with E-state index in [1.54, 1.807) is 0 Å². The molecule has 4 aliphatic rings. The lowest BCUT2D eigenvalue weighted by molar-refractivity contribution is -0.141. The summed E-state index contributed by atoms with van der Waals surface area (Å²) in [4.78, 5) is 15.0. The van der Waals surface area contributed by atoms with E-state index in [9.17, 15) is 4.79 Å². The highest BCUT2D eigenvalue weighted by molar-refractivity contribution is 5.85. The topological polar surface area (TPSA) is 64.8 Å².